The molecule has 0 unspecified atom stereocenters. The molecule has 0 spiro atoms. The largest absolute Gasteiger partial charge is 0.497 e. The van der Waals surface area contributed by atoms with Crippen molar-refractivity contribution in [3.8, 4) is 11.5 Å². The summed E-state index contributed by atoms with van der Waals surface area (Å²) in [7, 11) is 7.27. The second kappa shape index (κ2) is 10.4. The van der Waals surface area contributed by atoms with Crippen molar-refractivity contribution in [2.24, 2.45) is 0 Å². The Labute approximate surface area is 161 Å². The first-order valence-corrected chi connectivity index (χ1v) is 8.96. The topological polar surface area (TPSA) is 50.8 Å². The zero-order valence-electron chi connectivity index (χ0n) is 16.5. The molecule has 0 atom stereocenters. The number of anilines is 1. The van der Waals surface area contributed by atoms with E-state index in [0.717, 1.165) is 30.8 Å². The molecular weight excluding hydrogens is 340 g/mol. The van der Waals surface area contributed by atoms with Crippen molar-refractivity contribution in [1.82, 2.24) is 4.90 Å². The normalized spacial score (nSPS) is 11.0. The summed E-state index contributed by atoms with van der Waals surface area (Å²) in [6.07, 6.45) is 4.44. The van der Waals surface area contributed by atoms with Crippen LogP contribution in [0.5, 0.6) is 11.5 Å². The van der Waals surface area contributed by atoms with Gasteiger partial charge >= 0.3 is 0 Å². The van der Waals surface area contributed by atoms with Crippen LogP contribution in [0.2, 0.25) is 0 Å². The zero-order valence-corrected chi connectivity index (χ0v) is 16.5. The van der Waals surface area contributed by atoms with E-state index in [4.69, 9.17) is 9.47 Å². The highest BCUT2D eigenvalue weighted by molar-refractivity contribution is 6.08. The lowest BCUT2D eigenvalue weighted by molar-refractivity contribution is 0.104. The molecule has 2 aromatic carbocycles. The van der Waals surface area contributed by atoms with Crippen molar-refractivity contribution >= 4 is 17.5 Å². The number of ether oxygens (including phenoxy) is 2. The minimum atomic E-state index is -0.128. The van der Waals surface area contributed by atoms with Gasteiger partial charge in [0.1, 0.15) is 11.5 Å². The summed E-state index contributed by atoms with van der Waals surface area (Å²) in [4.78, 5) is 14.7. The number of nitrogens with zero attached hydrogens (tertiary/aromatic N) is 1. The summed E-state index contributed by atoms with van der Waals surface area (Å²) < 4.78 is 10.5. The highest BCUT2D eigenvalue weighted by Gasteiger charge is 2.11. The molecule has 0 fully saturated rings. The Kier molecular flexibility index (Phi) is 7.89. The van der Waals surface area contributed by atoms with Crippen LogP contribution >= 0.6 is 0 Å². The van der Waals surface area contributed by atoms with Crippen LogP contribution in [0.15, 0.2) is 48.5 Å². The van der Waals surface area contributed by atoms with Crippen LogP contribution in [-0.4, -0.2) is 52.1 Å². The summed E-state index contributed by atoms with van der Waals surface area (Å²) in [5, 5.41) is 3.40. The van der Waals surface area contributed by atoms with Crippen molar-refractivity contribution in [3.63, 3.8) is 0 Å². The third-order valence-corrected chi connectivity index (χ3v) is 4.12. The maximum Gasteiger partial charge on any atom is 0.189 e. The van der Waals surface area contributed by atoms with Crippen molar-refractivity contribution in [2.45, 2.75) is 6.42 Å². The van der Waals surface area contributed by atoms with E-state index in [1.807, 2.05) is 24.3 Å². The summed E-state index contributed by atoms with van der Waals surface area (Å²) >= 11 is 0. The van der Waals surface area contributed by atoms with E-state index in [1.165, 1.54) is 0 Å². The second-order valence-corrected chi connectivity index (χ2v) is 6.47. The maximum atomic E-state index is 12.5. The molecule has 5 nitrogen and oxygen atoms in total. The van der Waals surface area contributed by atoms with E-state index >= 15 is 0 Å². The summed E-state index contributed by atoms with van der Waals surface area (Å²) in [6, 6.07) is 13.2. The minimum Gasteiger partial charge on any atom is -0.497 e. The highest BCUT2D eigenvalue weighted by atomic mass is 16.5. The predicted octanol–water partition coefficient (Wildman–Crippen LogP) is 3.96. The van der Waals surface area contributed by atoms with E-state index in [-0.39, 0.29) is 5.78 Å². The first-order valence-electron chi connectivity index (χ1n) is 8.96. The Morgan fingerprint density at radius 3 is 2.44 bits per heavy atom. The third-order valence-electron chi connectivity index (χ3n) is 4.12. The number of benzene rings is 2. The third kappa shape index (κ3) is 6.46. The SMILES string of the molecule is COc1ccc(OC)c(C(=O)/C=C/c2ccc(NCCCN(C)C)cc2)c1. The maximum absolute atomic E-state index is 12.5. The van der Waals surface area contributed by atoms with E-state index in [2.05, 4.69) is 24.3 Å². The number of hydrogen-bond donors (Lipinski definition) is 1. The van der Waals surface area contributed by atoms with Crippen molar-refractivity contribution in [1.29, 1.82) is 0 Å². The molecular formula is C22H28N2O3. The number of rotatable bonds is 10. The molecule has 27 heavy (non-hydrogen) atoms. The van der Waals surface area contributed by atoms with Gasteiger partial charge in [-0.25, -0.2) is 0 Å². The van der Waals surface area contributed by atoms with Gasteiger partial charge in [-0.2, -0.15) is 0 Å². The van der Waals surface area contributed by atoms with Crippen LogP contribution in [0, 0.1) is 0 Å². The van der Waals surface area contributed by atoms with Crippen LogP contribution in [0.1, 0.15) is 22.3 Å². The highest BCUT2D eigenvalue weighted by Crippen LogP contribution is 2.25. The predicted molar refractivity (Wildman–Crippen MR) is 111 cm³/mol. The molecule has 144 valence electrons. The molecule has 2 rings (SSSR count). The van der Waals surface area contributed by atoms with Gasteiger partial charge < -0.3 is 19.7 Å². The lowest BCUT2D eigenvalue weighted by atomic mass is 10.1. The Bertz CT molecular complexity index is 768. The Morgan fingerprint density at radius 1 is 1.07 bits per heavy atom. The molecule has 0 aliphatic heterocycles. The number of carbonyl (C=O) groups is 1. The number of allylic oxidation sites excluding steroid dienone is 1. The van der Waals surface area contributed by atoms with Gasteiger partial charge in [0, 0.05) is 12.2 Å². The molecule has 0 aliphatic rings. The number of methoxy groups -OCH3 is 2. The fourth-order valence-corrected chi connectivity index (χ4v) is 2.61. The first kappa shape index (κ1) is 20.5. The Morgan fingerprint density at radius 2 is 1.81 bits per heavy atom. The van der Waals surface area contributed by atoms with E-state index in [1.54, 1.807) is 44.6 Å². The number of nitrogens with one attached hydrogen (secondary N) is 1. The Hall–Kier alpha value is -2.79. The fourth-order valence-electron chi connectivity index (χ4n) is 2.61. The fraction of sp³-hybridized carbons (Fsp3) is 0.318. The average molecular weight is 368 g/mol. The van der Waals surface area contributed by atoms with Gasteiger partial charge in [0.15, 0.2) is 5.78 Å². The van der Waals surface area contributed by atoms with Gasteiger partial charge in [-0.1, -0.05) is 18.2 Å². The standard InChI is InChI=1S/C22H28N2O3/c1-24(2)15-5-14-23-18-9-6-17(7-10-18)8-12-21(25)20-16-19(26-3)11-13-22(20)27-4/h6-13,16,23H,5,14-15H2,1-4H3/b12-8+. The number of ketones is 1. The zero-order chi connectivity index (χ0) is 19.6. The van der Waals surface area contributed by atoms with E-state index < -0.39 is 0 Å². The molecule has 0 saturated carbocycles. The minimum absolute atomic E-state index is 0.128. The first-order chi connectivity index (χ1) is 13.0. The lowest BCUT2D eigenvalue weighted by Crippen LogP contribution is -2.16. The quantitative estimate of drug-likeness (QED) is 0.391. The second-order valence-electron chi connectivity index (χ2n) is 6.47. The molecule has 5 heteroatoms. The van der Waals surface area contributed by atoms with Gasteiger partial charge in [0.05, 0.1) is 19.8 Å². The summed E-state index contributed by atoms with van der Waals surface area (Å²) in [5.74, 6) is 1.02. The van der Waals surface area contributed by atoms with Gasteiger partial charge in [0.25, 0.3) is 0 Å². The number of hydrogen-bond acceptors (Lipinski definition) is 5. The van der Waals surface area contributed by atoms with Crippen molar-refractivity contribution in [3.05, 3.63) is 59.7 Å². The van der Waals surface area contributed by atoms with Crippen molar-refractivity contribution in [2.75, 3.05) is 46.7 Å². The van der Waals surface area contributed by atoms with Crippen LogP contribution in [0.25, 0.3) is 6.08 Å². The molecule has 0 bridgehead atoms. The van der Waals surface area contributed by atoms with E-state index in [0.29, 0.717) is 17.1 Å². The van der Waals surface area contributed by atoms with Crippen LogP contribution in [0.4, 0.5) is 5.69 Å². The molecule has 1 N–H and O–H groups in total. The van der Waals surface area contributed by atoms with Crippen molar-refractivity contribution < 1.29 is 14.3 Å². The molecule has 0 amide bonds. The average Bonchev–Trinajstić information content (AvgIpc) is 2.69. The van der Waals surface area contributed by atoms with Crippen LogP contribution < -0.4 is 14.8 Å². The molecule has 2 aromatic rings. The lowest BCUT2D eigenvalue weighted by Gasteiger charge is -2.10. The van der Waals surface area contributed by atoms with Gasteiger partial charge in [-0.15, -0.1) is 0 Å². The smallest absolute Gasteiger partial charge is 0.189 e. The van der Waals surface area contributed by atoms with Crippen LogP contribution in [-0.2, 0) is 0 Å². The summed E-state index contributed by atoms with van der Waals surface area (Å²) in [6.45, 7) is 1.99. The van der Waals surface area contributed by atoms with E-state index in [9.17, 15) is 4.79 Å². The van der Waals surface area contributed by atoms with Gasteiger partial charge in [-0.05, 0) is 69.0 Å². The Balaban J connectivity index is 1.98. The van der Waals surface area contributed by atoms with Gasteiger partial charge in [0.2, 0.25) is 0 Å². The monoisotopic (exact) mass is 368 g/mol. The molecule has 0 radical (unpaired) electrons. The summed E-state index contributed by atoms with van der Waals surface area (Å²) in [5.41, 5.74) is 2.52. The molecule has 0 saturated heterocycles. The molecule has 0 heterocycles. The molecule has 0 aliphatic carbocycles. The van der Waals surface area contributed by atoms with Crippen LogP contribution in [0.3, 0.4) is 0 Å². The molecule has 0 aromatic heterocycles. The number of carbonyl (C=O) groups excluding carboxylic acids is 1. The van der Waals surface area contributed by atoms with Gasteiger partial charge in [-0.3, -0.25) is 4.79 Å².